The van der Waals surface area contributed by atoms with Crippen LogP contribution in [0.5, 0.6) is 0 Å². The van der Waals surface area contributed by atoms with Crippen LogP contribution in [-0.4, -0.2) is 31.0 Å². The third kappa shape index (κ3) is 3.44. The number of methoxy groups -OCH3 is 1. The molecule has 2 fully saturated rings. The summed E-state index contributed by atoms with van der Waals surface area (Å²) in [5.41, 5.74) is 1.96. The second-order valence-corrected chi connectivity index (χ2v) is 7.76. The zero-order valence-electron chi connectivity index (χ0n) is 17.6. The van der Waals surface area contributed by atoms with Gasteiger partial charge in [-0.1, -0.05) is 30.3 Å². The number of amides is 2. The van der Waals surface area contributed by atoms with Gasteiger partial charge in [0.25, 0.3) is 5.91 Å². The lowest BCUT2D eigenvalue weighted by Crippen LogP contribution is -2.37. The molecule has 2 amide bonds. The number of nitrogens with zero attached hydrogens (tertiary/aromatic N) is 2. The number of carbonyl (C=O) groups is 3. The zero-order chi connectivity index (χ0) is 23.1. The van der Waals surface area contributed by atoms with Crippen molar-refractivity contribution in [3.63, 3.8) is 0 Å². The van der Waals surface area contributed by atoms with Crippen LogP contribution >= 0.6 is 0 Å². The van der Waals surface area contributed by atoms with Crippen molar-refractivity contribution in [2.75, 3.05) is 17.1 Å². The summed E-state index contributed by atoms with van der Waals surface area (Å²) in [7, 11) is 1.27. The minimum absolute atomic E-state index is 0.302. The number of halogens is 1. The van der Waals surface area contributed by atoms with E-state index in [-0.39, 0.29) is 0 Å². The van der Waals surface area contributed by atoms with Gasteiger partial charge in [-0.2, -0.15) is 0 Å². The molecule has 3 aromatic rings. The molecule has 3 aromatic carbocycles. The van der Waals surface area contributed by atoms with Crippen molar-refractivity contribution < 1.29 is 28.3 Å². The van der Waals surface area contributed by atoms with Crippen LogP contribution in [0, 0.1) is 11.7 Å². The van der Waals surface area contributed by atoms with E-state index in [0.29, 0.717) is 22.5 Å². The summed E-state index contributed by atoms with van der Waals surface area (Å²) >= 11 is 0. The first-order valence-corrected chi connectivity index (χ1v) is 10.3. The highest BCUT2D eigenvalue weighted by Gasteiger charge is 2.60. The monoisotopic (exact) mass is 446 g/mol. The number of hydrogen-bond acceptors (Lipinski definition) is 6. The maximum absolute atomic E-state index is 13.6. The fourth-order valence-electron chi connectivity index (χ4n) is 4.33. The molecule has 0 radical (unpaired) electrons. The largest absolute Gasteiger partial charge is 0.465 e. The first-order chi connectivity index (χ1) is 16.0. The fourth-order valence-corrected chi connectivity index (χ4v) is 4.33. The lowest BCUT2D eigenvalue weighted by Gasteiger charge is -2.28. The lowest BCUT2D eigenvalue weighted by molar-refractivity contribution is -0.126. The lowest BCUT2D eigenvalue weighted by atomic mass is 9.90. The maximum atomic E-state index is 13.6. The Kier molecular flexibility index (Phi) is 5.14. The second-order valence-electron chi connectivity index (χ2n) is 7.76. The molecule has 8 heteroatoms. The Morgan fingerprint density at radius 1 is 0.879 bits per heavy atom. The third-order valence-electron chi connectivity index (χ3n) is 5.88. The minimum atomic E-state index is -1.03. The predicted molar refractivity (Wildman–Crippen MR) is 117 cm³/mol. The Bertz CT molecular complexity index is 1210. The summed E-state index contributed by atoms with van der Waals surface area (Å²) in [5, 5.41) is 1.55. The number of hydrogen-bond donors (Lipinski definition) is 0. The Balaban J connectivity index is 1.53. The van der Waals surface area contributed by atoms with E-state index in [2.05, 4.69) is 0 Å². The molecule has 0 aromatic heterocycles. The quantitative estimate of drug-likeness (QED) is 0.450. The summed E-state index contributed by atoms with van der Waals surface area (Å²) in [6.45, 7) is 0. The number of esters is 1. The molecular formula is C25H19FN2O5. The molecule has 2 saturated heterocycles. The van der Waals surface area contributed by atoms with Crippen molar-refractivity contribution in [3.05, 3.63) is 95.8 Å². The molecule has 0 unspecified atom stereocenters. The van der Waals surface area contributed by atoms with Crippen molar-refractivity contribution in [2.45, 2.75) is 12.1 Å². The first kappa shape index (κ1) is 20.8. The van der Waals surface area contributed by atoms with Gasteiger partial charge in [-0.3, -0.25) is 14.4 Å². The van der Waals surface area contributed by atoms with Crippen molar-refractivity contribution >= 4 is 29.2 Å². The van der Waals surface area contributed by atoms with Crippen molar-refractivity contribution in [2.24, 2.45) is 5.92 Å². The molecule has 0 N–H and O–H groups in total. The van der Waals surface area contributed by atoms with Crippen LogP contribution in [0.1, 0.15) is 22.0 Å². The SMILES string of the molecule is COC(=O)c1ccc(N2C(=O)[C@@H]3[C@H](ON(c4ccccc4)[C@H]3c3ccc(F)cc3)C2=O)cc1. The molecule has 0 spiro atoms. The summed E-state index contributed by atoms with van der Waals surface area (Å²) in [6, 6.07) is 20.3. The number of anilines is 2. The number of rotatable bonds is 4. The molecule has 33 heavy (non-hydrogen) atoms. The Hall–Kier alpha value is -4.04. The van der Waals surface area contributed by atoms with E-state index in [1.807, 2.05) is 30.3 Å². The zero-order valence-corrected chi connectivity index (χ0v) is 17.6. The van der Waals surface area contributed by atoms with E-state index in [1.165, 1.54) is 43.5 Å². The molecule has 5 rings (SSSR count). The molecule has 3 atom stereocenters. The van der Waals surface area contributed by atoms with E-state index in [1.54, 1.807) is 17.2 Å². The predicted octanol–water partition coefficient (Wildman–Crippen LogP) is 3.66. The standard InChI is InChI=1S/C25H19FN2O5/c1-32-25(31)16-9-13-18(14-10-16)27-23(29)20-21(15-7-11-17(26)12-8-15)28(33-22(20)24(27)30)19-5-3-2-4-6-19/h2-14,20-22H,1H3/t20-,21-,22-/m0/s1. The molecule has 2 heterocycles. The highest BCUT2D eigenvalue weighted by molar-refractivity contribution is 6.24. The fraction of sp³-hybridized carbons (Fsp3) is 0.160. The van der Waals surface area contributed by atoms with Crippen LogP contribution in [-0.2, 0) is 19.2 Å². The highest BCUT2D eigenvalue weighted by Crippen LogP contribution is 2.47. The van der Waals surface area contributed by atoms with Crippen LogP contribution in [0.25, 0.3) is 0 Å². The Labute approximate surface area is 188 Å². The van der Waals surface area contributed by atoms with Gasteiger partial charge in [-0.15, -0.1) is 0 Å². The number of benzene rings is 3. The van der Waals surface area contributed by atoms with Gasteiger partial charge in [0.15, 0.2) is 6.10 Å². The van der Waals surface area contributed by atoms with Gasteiger partial charge >= 0.3 is 5.97 Å². The van der Waals surface area contributed by atoms with Crippen molar-refractivity contribution in [1.82, 2.24) is 0 Å². The normalized spacial score (nSPS) is 21.9. The number of hydroxylamine groups is 1. The second kappa shape index (κ2) is 8.14. The number of para-hydroxylation sites is 1. The molecule has 7 nitrogen and oxygen atoms in total. The Morgan fingerprint density at radius 3 is 2.18 bits per heavy atom. The number of ether oxygens (including phenoxy) is 1. The summed E-state index contributed by atoms with van der Waals surface area (Å²) in [5.74, 6) is -2.68. The topological polar surface area (TPSA) is 76.2 Å². The molecule has 0 bridgehead atoms. The maximum Gasteiger partial charge on any atom is 0.337 e. The van der Waals surface area contributed by atoms with E-state index in [0.717, 1.165) is 4.90 Å². The smallest absolute Gasteiger partial charge is 0.337 e. The summed E-state index contributed by atoms with van der Waals surface area (Å²) in [4.78, 5) is 45.6. The van der Waals surface area contributed by atoms with Crippen LogP contribution in [0.3, 0.4) is 0 Å². The summed E-state index contributed by atoms with van der Waals surface area (Å²) < 4.78 is 18.3. The average molecular weight is 446 g/mol. The first-order valence-electron chi connectivity index (χ1n) is 10.3. The van der Waals surface area contributed by atoms with Gasteiger partial charge in [0, 0.05) is 0 Å². The van der Waals surface area contributed by atoms with Crippen LogP contribution in [0.15, 0.2) is 78.9 Å². The molecule has 2 aliphatic rings. The van der Waals surface area contributed by atoms with Crippen LogP contribution < -0.4 is 9.96 Å². The van der Waals surface area contributed by atoms with E-state index in [9.17, 15) is 18.8 Å². The number of fused-ring (bicyclic) bond motifs is 1. The number of imide groups is 1. The molecule has 166 valence electrons. The average Bonchev–Trinajstić information content (AvgIpc) is 3.36. The highest BCUT2D eigenvalue weighted by atomic mass is 19.1. The summed E-state index contributed by atoms with van der Waals surface area (Å²) in [6.07, 6.45) is -1.03. The molecule has 0 aliphatic carbocycles. The van der Waals surface area contributed by atoms with Crippen LogP contribution in [0.4, 0.5) is 15.8 Å². The van der Waals surface area contributed by atoms with Gasteiger partial charge in [0.1, 0.15) is 11.7 Å². The molecule has 0 saturated carbocycles. The van der Waals surface area contributed by atoms with E-state index < -0.39 is 41.7 Å². The number of carbonyl (C=O) groups excluding carboxylic acids is 3. The van der Waals surface area contributed by atoms with E-state index in [4.69, 9.17) is 9.57 Å². The van der Waals surface area contributed by atoms with Gasteiger partial charge in [-0.05, 0) is 54.1 Å². The van der Waals surface area contributed by atoms with Crippen molar-refractivity contribution in [1.29, 1.82) is 0 Å². The molecule has 2 aliphatic heterocycles. The Morgan fingerprint density at radius 2 is 1.55 bits per heavy atom. The van der Waals surface area contributed by atoms with Gasteiger partial charge < -0.3 is 4.74 Å². The third-order valence-corrected chi connectivity index (χ3v) is 5.88. The minimum Gasteiger partial charge on any atom is -0.465 e. The van der Waals surface area contributed by atoms with Crippen LogP contribution in [0.2, 0.25) is 0 Å². The van der Waals surface area contributed by atoms with Gasteiger partial charge in [0.05, 0.1) is 30.1 Å². The van der Waals surface area contributed by atoms with Gasteiger partial charge in [-0.25, -0.2) is 19.1 Å². The van der Waals surface area contributed by atoms with Crippen molar-refractivity contribution in [3.8, 4) is 0 Å². The van der Waals surface area contributed by atoms with Gasteiger partial charge in [0.2, 0.25) is 5.91 Å². The molecular weight excluding hydrogens is 427 g/mol. The van der Waals surface area contributed by atoms with E-state index >= 15 is 0 Å².